The highest BCUT2D eigenvalue weighted by Crippen LogP contribution is 2.31. The Balaban J connectivity index is 1.48. The van der Waals surface area contributed by atoms with E-state index in [0.717, 1.165) is 0 Å². The molecule has 1 amide bonds. The van der Waals surface area contributed by atoms with Gasteiger partial charge in [0, 0.05) is 24.1 Å². The highest BCUT2D eigenvalue weighted by molar-refractivity contribution is 6.06. The van der Waals surface area contributed by atoms with Gasteiger partial charge in [-0.3, -0.25) is 4.79 Å². The van der Waals surface area contributed by atoms with Crippen LogP contribution < -0.4 is 19.5 Å². The number of carbonyl (C=O) groups excluding carboxylic acids is 1. The second kappa shape index (κ2) is 9.17. The molecule has 0 unspecified atom stereocenters. The average Bonchev–Trinajstić information content (AvgIpc) is 3.34. The first kappa shape index (κ1) is 20.9. The van der Waals surface area contributed by atoms with E-state index >= 15 is 0 Å². The Hall–Kier alpha value is -4.40. The molecule has 1 N–H and O–H groups in total. The molecule has 0 atom stereocenters. The minimum atomic E-state index is -0.315. The van der Waals surface area contributed by atoms with Crippen molar-refractivity contribution in [2.45, 2.75) is 6.92 Å². The van der Waals surface area contributed by atoms with Crippen LogP contribution in [0.25, 0.3) is 5.82 Å². The maximum absolute atomic E-state index is 12.7. The van der Waals surface area contributed by atoms with E-state index in [4.69, 9.17) is 14.2 Å². The van der Waals surface area contributed by atoms with Gasteiger partial charge in [-0.15, -0.1) is 0 Å². The summed E-state index contributed by atoms with van der Waals surface area (Å²) >= 11 is 0. The molecular formula is C23H21N5O4. The maximum atomic E-state index is 12.7. The topological polar surface area (TPSA) is 100 Å². The predicted octanol–water partition coefficient (Wildman–Crippen LogP) is 4.03. The van der Waals surface area contributed by atoms with Crippen LogP contribution >= 0.6 is 0 Å². The van der Waals surface area contributed by atoms with E-state index in [1.54, 1.807) is 72.5 Å². The van der Waals surface area contributed by atoms with Crippen LogP contribution in [0.3, 0.4) is 0 Å². The summed E-state index contributed by atoms with van der Waals surface area (Å²) in [6.45, 7) is 1.78. The van der Waals surface area contributed by atoms with Crippen LogP contribution in [0.4, 0.5) is 5.69 Å². The van der Waals surface area contributed by atoms with Gasteiger partial charge in [0.1, 0.15) is 11.6 Å². The first-order valence-corrected chi connectivity index (χ1v) is 9.73. The number of hydrogen-bond acceptors (Lipinski definition) is 7. The number of amides is 1. The summed E-state index contributed by atoms with van der Waals surface area (Å²) in [4.78, 5) is 21.4. The van der Waals surface area contributed by atoms with Gasteiger partial charge in [-0.05, 0) is 49.4 Å². The first-order chi connectivity index (χ1) is 15.6. The third-order valence-electron chi connectivity index (χ3n) is 4.52. The Kier molecular flexibility index (Phi) is 5.98. The number of rotatable bonds is 7. The number of nitrogens with one attached hydrogen (secondary N) is 1. The molecule has 2 aromatic heterocycles. The van der Waals surface area contributed by atoms with Crippen molar-refractivity contribution < 1.29 is 19.0 Å². The molecule has 0 fully saturated rings. The van der Waals surface area contributed by atoms with Crippen molar-refractivity contribution in [3.05, 3.63) is 78.4 Å². The molecule has 9 heteroatoms. The Morgan fingerprint density at radius 1 is 1.00 bits per heavy atom. The Labute approximate surface area is 184 Å². The normalized spacial score (nSPS) is 10.5. The number of methoxy groups -OCH3 is 2. The van der Waals surface area contributed by atoms with Crippen LogP contribution in [0.15, 0.2) is 67.0 Å². The van der Waals surface area contributed by atoms with Crippen LogP contribution in [0, 0.1) is 6.92 Å². The lowest BCUT2D eigenvalue weighted by Gasteiger charge is -2.13. The molecule has 2 aromatic carbocycles. The molecule has 0 aliphatic heterocycles. The molecule has 0 bridgehead atoms. The van der Waals surface area contributed by atoms with E-state index in [2.05, 4.69) is 20.4 Å². The third kappa shape index (κ3) is 4.51. The fraction of sp³-hybridized carbons (Fsp3) is 0.130. The summed E-state index contributed by atoms with van der Waals surface area (Å²) in [6, 6.07) is 15.6. The smallest absolute Gasteiger partial charge is 0.259 e. The van der Waals surface area contributed by atoms with Gasteiger partial charge in [-0.2, -0.15) is 10.1 Å². The Morgan fingerprint density at radius 3 is 2.50 bits per heavy atom. The summed E-state index contributed by atoms with van der Waals surface area (Å²) in [5.41, 5.74) is 0.970. The largest absolute Gasteiger partial charge is 0.493 e. The third-order valence-corrected chi connectivity index (χ3v) is 4.52. The molecule has 4 rings (SSSR count). The number of anilines is 1. The quantitative estimate of drug-likeness (QED) is 0.471. The molecule has 32 heavy (non-hydrogen) atoms. The van der Waals surface area contributed by atoms with Crippen LogP contribution in [-0.4, -0.2) is 39.9 Å². The zero-order chi connectivity index (χ0) is 22.5. The number of benzene rings is 2. The van der Waals surface area contributed by atoms with Crippen molar-refractivity contribution in [3.8, 4) is 28.9 Å². The number of aryl methyl sites for hydroxylation is 1. The fourth-order valence-electron chi connectivity index (χ4n) is 3.09. The zero-order valence-electron chi connectivity index (χ0n) is 17.8. The summed E-state index contributed by atoms with van der Waals surface area (Å²) in [6.07, 6.45) is 3.46. The molecule has 0 aliphatic rings. The van der Waals surface area contributed by atoms with E-state index in [-0.39, 0.29) is 5.91 Å². The standard InChI is InChI=1S/C23H21N5O4/c1-15-25-20(28-13-5-12-24-28)14-21(26-15)32-17-10-8-16(9-11-17)27-23(29)18-6-4-7-19(30-2)22(18)31-3/h4-14H,1-3H3,(H,27,29). The van der Waals surface area contributed by atoms with E-state index < -0.39 is 0 Å². The Morgan fingerprint density at radius 2 is 1.81 bits per heavy atom. The molecule has 0 spiro atoms. The van der Waals surface area contributed by atoms with Gasteiger partial charge in [0.15, 0.2) is 17.3 Å². The van der Waals surface area contributed by atoms with Crippen molar-refractivity contribution in [2.75, 3.05) is 19.5 Å². The molecule has 2 heterocycles. The van der Waals surface area contributed by atoms with Crippen LogP contribution in [0.5, 0.6) is 23.1 Å². The van der Waals surface area contributed by atoms with Gasteiger partial charge in [-0.1, -0.05) is 6.07 Å². The van der Waals surface area contributed by atoms with Crippen molar-refractivity contribution >= 4 is 11.6 Å². The number of nitrogens with zero attached hydrogens (tertiary/aromatic N) is 4. The van der Waals surface area contributed by atoms with Gasteiger partial charge in [0.05, 0.1) is 19.8 Å². The molecule has 0 saturated carbocycles. The van der Waals surface area contributed by atoms with Crippen LogP contribution in [-0.2, 0) is 0 Å². The predicted molar refractivity (Wildman–Crippen MR) is 118 cm³/mol. The lowest BCUT2D eigenvalue weighted by Crippen LogP contribution is -2.13. The lowest BCUT2D eigenvalue weighted by atomic mass is 10.1. The SMILES string of the molecule is COc1cccc(C(=O)Nc2ccc(Oc3cc(-n4cccn4)nc(C)n3)cc2)c1OC. The molecule has 0 aliphatic carbocycles. The van der Waals surface area contributed by atoms with E-state index in [1.165, 1.54) is 14.2 Å². The summed E-state index contributed by atoms with van der Waals surface area (Å²) in [5.74, 6) is 2.66. The molecule has 162 valence electrons. The summed E-state index contributed by atoms with van der Waals surface area (Å²) < 4.78 is 18.1. The number of aromatic nitrogens is 4. The van der Waals surface area contributed by atoms with Gasteiger partial charge in [0.2, 0.25) is 5.88 Å². The highest BCUT2D eigenvalue weighted by atomic mass is 16.5. The molecular weight excluding hydrogens is 410 g/mol. The minimum absolute atomic E-state index is 0.315. The van der Waals surface area contributed by atoms with E-state index in [0.29, 0.717) is 46.0 Å². The van der Waals surface area contributed by atoms with E-state index in [9.17, 15) is 4.79 Å². The average molecular weight is 431 g/mol. The monoisotopic (exact) mass is 431 g/mol. The van der Waals surface area contributed by atoms with Gasteiger partial charge in [0.25, 0.3) is 5.91 Å². The zero-order valence-corrected chi connectivity index (χ0v) is 17.8. The van der Waals surface area contributed by atoms with Crippen LogP contribution in [0.2, 0.25) is 0 Å². The lowest BCUT2D eigenvalue weighted by molar-refractivity contribution is 0.102. The highest BCUT2D eigenvalue weighted by Gasteiger charge is 2.16. The Bertz CT molecular complexity index is 1220. The van der Waals surface area contributed by atoms with Gasteiger partial charge >= 0.3 is 0 Å². The number of hydrogen-bond donors (Lipinski definition) is 1. The van der Waals surface area contributed by atoms with Crippen molar-refractivity contribution in [1.82, 2.24) is 19.7 Å². The molecule has 0 radical (unpaired) electrons. The minimum Gasteiger partial charge on any atom is -0.493 e. The van der Waals surface area contributed by atoms with E-state index in [1.807, 2.05) is 6.07 Å². The number of para-hydroxylation sites is 1. The second-order valence-electron chi connectivity index (χ2n) is 6.68. The molecule has 4 aromatic rings. The van der Waals surface area contributed by atoms with Gasteiger partial charge < -0.3 is 19.5 Å². The number of carbonyl (C=O) groups is 1. The second-order valence-corrected chi connectivity index (χ2v) is 6.68. The fourth-order valence-corrected chi connectivity index (χ4v) is 3.09. The summed E-state index contributed by atoms with van der Waals surface area (Å²) in [5, 5.41) is 7.02. The maximum Gasteiger partial charge on any atom is 0.259 e. The first-order valence-electron chi connectivity index (χ1n) is 9.73. The van der Waals surface area contributed by atoms with Crippen molar-refractivity contribution in [1.29, 1.82) is 0 Å². The molecule has 0 saturated heterocycles. The number of ether oxygens (including phenoxy) is 3. The van der Waals surface area contributed by atoms with Gasteiger partial charge in [-0.25, -0.2) is 9.67 Å². The van der Waals surface area contributed by atoms with Crippen molar-refractivity contribution in [3.63, 3.8) is 0 Å². The molecule has 9 nitrogen and oxygen atoms in total. The van der Waals surface area contributed by atoms with Crippen LogP contribution in [0.1, 0.15) is 16.2 Å². The van der Waals surface area contributed by atoms with Crippen molar-refractivity contribution in [2.24, 2.45) is 0 Å². The summed E-state index contributed by atoms with van der Waals surface area (Å²) in [7, 11) is 3.02.